The fourth-order valence-corrected chi connectivity index (χ4v) is 0.451. The highest BCUT2D eigenvalue weighted by molar-refractivity contribution is 6.30. The minimum absolute atomic E-state index is 0.0475. The Labute approximate surface area is 41.6 Å². The fraction of sp³-hybridized carbons (Fsp3) is 0.200. The maximum absolute atomic E-state index is 10.3. The fourth-order valence-electron chi connectivity index (χ4n) is 0.451. The van der Waals surface area contributed by atoms with E-state index in [1.165, 1.54) is 6.21 Å². The lowest BCUT2D eigenvalue weighted by Gasteiger charge is -1.81. The molecule has 0 bridgehead atoms. The highest BCUT2D eigenvalue weighted by atomic mass is 16.1. The second-order valence-electron chi connectivity index (χ2n) is 1.36. The third-order valence-electron chi connectivity index (χ3n) is 0.762. The molecule has 0 atom stereocenters. The molecule has 0 aromatic rings. The molecule has 2 heteroatoms. The minimum atomic E-state index is 0.0475. The van der Waals surface area contributed by atoms with Crippen molar-refractivity contribution in [2.75, 3.05) is 6.54 Å². The standard InChI is InChI=1S/C5H5NO/c7-5-2-1-3-6-4-5/h1-2,4H,3H2/p+1. The summed E-state index contributed by atoms with van der Waals surface area (Å²) in [7, 11) is 0. The Morgan fingerprint density at radius 1 is 1.71 bits per heavy atom. The molecule has 0 amide bonds. The molecule has 0 unspecified atom stereocenters. The van der Waals surface area contributed by atoms with E-state index in [0.717, 1.165) is 6.54 Å². The number of rotatable bonds is 0. The molecule has 0 saturated heterocycles. The number of carbonyl (C=O) groups excluding carboxylic acids is 1. The molecular formula is C5H6NO+. The highest BCUT2D eigenvalue weighted by Gasteiger charge is 1.96. The Balaban J connectivity index is 2.66. The summed E-state index contributed by atoms with van der Waals surface area (Å²) in [5, 5.41) is 0. The molecule has 0 aliphatic carbocycles. The summed E-state index contributed by atoms with van der Waals surface area (Å²) >= 11 is 0. The Morgan fingerprint density at radius 2 is 2.57 bits per heavy atom. The lowest BCUT2D eigenvalue weighted by atomic mass is 10.3. The number of carbonyl (C=O) groups is 1. The van der Waals surface area contributed by atoms with Crippen LogP contribution in [-0.4, -0.2) is 18.5 Å². The topological polar surface area (TPSA) is 31.0 Å². The number of nitrogens with one attached hydrogen (secondary N) is 1. The molecule has 0 saturated carbocycles. The van der Waals surface area contributed by atoms with E-state index in [2.05, 4.69) is 4.99 Å². The Bertz CT molecular complexity index is 121. The monoisotopic (exact) mass is 96.0 g/mol. The van der Waals surface area contributed by atoms with Crippen LogP contribution in [0.3, 0.4) is 0 Å². The van der Waals surface area contributed by atoms with Gasteiger partial charge in [-0.05, 0) is 12.2 Å². The molecule has 36 valence electrons. The smallest absolute Gasteiger partial charge is 0.241 e. The molecule has 0 spiro atoms. The molecule has 2 nitrogen and oxygen atoms in total. The van der Waals surface area contributed by atoms with Crippen LogP contribution in [0.25, 0.3) is 0 Å². The maximum Gasteiger partial charge on any atom is 0.241 e. The molecule has 1 rings (SSSR count). The van der Waals surface area contributed by atoms with Crippen LogP contribution in [0.4, 0.5) is 0 Å². The Kier molecular flexibility index (Phi) is 1.02. The van der Waals surface area contributed by atoms with Gasteiger partial charge in [-0.1, -0.05) is 0 Å². The van der Waals surface area contributed by atoms with Crippen molar-refractivity contribution in [1.29, 1.82) is 0 Å². The number of allylic oxidation sites excluding steroid dienone is 1. The third-order valence-corrected chi connectivity index (χ3v) is 0.762. The van der Waals surface area contributed by atoms with Crippen molar-refractivity contribution < 1.29 is 9.79 Å². The van der Waals surface area contributed by atoms with E-state index in [1.54, 1.807) is 12.2 Å². The van der Waals surface area contributed by atoms with Gasteiger partial charge >= 0.3 is 0 Å². The molecule has 1 aliphatic heterocycles. The van der Waals surface area contributed by atoms with Crippen LogP contribution < -0.4 is 4.99 Å². The van der Waals surface area contributed by atoms with Crippen LogP contribution in [-0.2, 0) is 4.79 Å². The second kappa shape index (κ2) is 1.69. The van der Waals surface area contributed by atoms with Crippen LogP contribution in [0.5, 0.6) is 0 Å². The average Bonchev–Trinajstić information content (AvgIpc) is 1.69. The van der Waals surface area contributed by atoms with E-state index >= 15 is 0 Å². The molecule has 0 aromatic heterocycles. The molecular weight excluding hydrogens is 90.1 g/mol. The SMILES string of the molecule is O=C1C=CC[NH+]=C1. The van der Waals surface area contributed by atoms with Crippen LogP contribution in [0.15, 0.2) is 12.2 Å². The van der Waals surface area contributed by atoms with Crippen LogP contribution in [0, 0.1) is 0 Å². The van der Waals surface area contributed by atoms with Gasteiger partial charge in [-0.15, -0.1) is 0 Å². The summed E-state index contributed by atoms with van der Waals surface area (Å²) < 4.78 is 0. The molecule has 1 aliphatic rings. The predicted octanol–water partition coefficient (Wildman–Crippen LogP) is -1.72. The molecule has 0 aromatic carbocycles. The lowest BCUT2D eigenvalue weighted by molar-refractivity contribution is -0.438. The summed E-state index contributed by atoms with van der Waals surface area (Å²) in [5.74, 6) is 0.0475. The number of hydrogen-bond acceptors (Lipinski definition) is 1. The third kappa shape index (κ3) is 0.961. The van der Waals surface area contributed by atoms with E-state index in [0.29, 0.717) is 0 Å². The summed E-state index contributed by atoms with van der Waals surface area (Å²) in [4.78, 5) is 13.0. The van der Waals surface area contributed by atoms with Gasteiger partial charge in [0.25, 0.3) is 0 Å². The first-order chi connectivity index (χ1) is 3.39. The van der Waals surface area contributed by atoms with Crippen LogP contribution in [0.2, 0.25) is 0 Å². The zero-order valence-corrected chi connectivity index (χ0v) is 3.85. The number of hydrogen-bond donors (Lipinski definition) is 1. The van der Waals surface area contributed by atoms with Gasteiger partial charge in [0, 0.05) is 0 Å². The van der Waals surface area contributed by atoms with Gasteiger partial charge in [-0.25, -0.2) is 4.99 Å². The Hall–Kier alpha value is -0.920. The normalized spacial score (nSPS) is 18.0. The van der Waals surface area contributed by atoms with E-state index in [1.807, 2.05) is 0 Å². The lowest BCUT2D eigenvalue weighted by Crippen LogP contribution is -2.70. The van der Waals surface area contributed by atoms with Crippen molar-refractivity contribution in [3.8, 4) is 0 Å². The van der Waals surface area contributed by atoms with Gasteiger partial charge in [0.05, 0.1) is 0 Å². The van der Waals surface area contributed by atoms with E-state index in [9.17, 15) is 4.79 Å². The highest BCUT2D eigenvalue weighted by Crippen LogP contribution is 1.69. The van der Waals surface area contributed by atoms with Crippen molar-refractivity contribution in [3.63, 3.8) is 0 Å². The molecule has 7 heavy (non-hydrogen) atoms. The van der Waals surface area contributed by atoms with E-state index < -0.39 is 0 Å². The minimum Gasteiger partial charge on any atom is -0.283 e. The van der Waals surface area contributed by atoms with E-state index in [4.69, 9.17) is 0 Å². The molecule has 0 radical (unpaired) electrons. The first kappa shape index (κ1) is 4.24. The van der Waals surface area contributed by atoms with Crippen molar-refractivity contribution >= 4 is 12.0 Å². The molecule has 0 fully saturated rings. The average molecular weight is 96.1 g/mol. The number of ketones is 1. The van der Waals surface area contributed by atoms with E-state index in [-0.39, 0.29) is 5.78 Å². The summed E-state index contributed by atoms with van der Waals surface area (Å²) in [6.45, 7) is 0.783. The van der Waals surface area contributed by atoms with Crippen LogP contribution >= 0.6 is 0 Å². The van der Waals surface area contributed by atoms with Crippen molar-refractivity contribution in [2.45, 2.75) is 0 Å². The van der Waals surface area contributed by atoms with Gasteiger partial charge in [0.2, 0.25) is 12.0 Å². The van der Waals surface area contributed by atoms with Crippen molar-refractivity contribution in [2.24, 2.45) is 0 Å². The van der Waals surface area contributed by atoms with Gasteiger partial charge in [0.15, 0.2) is 6.54 Å². The second-order valence-corrected chi connectivity index (χ2v) is 1.36. The largest absolute Gasteiger partial charge is 0.283 e. The quantitative estimate of drug-likeness (QED) is 0.382. The van der Waals surface area contributed by atoms with Crippen LogP contribution in [0.1, 0.15) is 0 Å². The van der Waals surface area contributed by atoms with Gasteiger partial charge in [0.1, 0.15) is 0 Å². The zero-order valence-electron chi connectivity index (χ0n) is 3.85. The molecule has 1 heterocycles. The maximum atomic E-state index is 10.3. The first-order valence-corrected chi connectivity index (χ1v) is 2.17. The van der Waals surface area contributed by atoms with Crippen molar-refractivity contribution in [3.05, 3.63) is 12.2 Å². The zero-order chi connectivity index (χ0) is 5.11. The summed E-state index contributed by atoms with van der Waals surface area (Å²) in [5.41, 5.74) is 0. The molecule has 1 N–H and O–H groups in total. The van der Waals surface area contributed by atoms with Gasteiger partial charge in [-0.3, -0.25) is 4.79 Å². The van der Waals surface area contributed by atoms with Gasteiger partial charge < -0.3 is 0 Å². The summed E-state index contributed by atoms with van der Waals surface area (Å²) in [6.07, 6.45) is 4.80. The Morgan fingerprint density at radius 3 is 2.86 bits per heavy atom. The van der Waals surface area contributed by atoms with Crippen molar-refractivity contribution in [1.82, 2.24) is 0 Å². The summed E-state index contributed by atoms with van der Waals surface area (Å²) in [6, 6.07) is 0. The predicted molar refractivity (Wildman–Crippen MR) is 26.0 cm³/mol. The van der Waals surface area contributed by atoms with Gasteiger partial charge in [-0.2, -0.15) is 0 Å². The first-order valence-electron chi connectivity index (χ1n) is 2.17.